The quantitative estimate of drug-likeness (QED) is 0.517. The van der Waals surface area contributed by atoms with E-state index >= 15 is 0 Å². The number of fused-ring (bicyclic) bond motifs is 1. The average molecular weight is 464 g/mol. The Bertz CT molecular complexity index is 1090. The molecule has 1 aromatic carbocycles. The van der Waals surface area contributed by atoms with Crippen molar-refractivity contribution >= 4 is 22.5 Å². The van der Waals surface area contributed by atoms with Crippen molar-refractivity contribution in [1.82, 2.24) is 14.8 Å². The summed E-state index contributed by atoms with van der Waals surface area (Å²) in [4.78, 5) is 3.39. The Kier molecular flexibility index (Phi) is 4.97. The van der Waals surface area contributed by atoms with E-state index in [1.165, 1.54) is 6.07 Å². The molecule has 0 aliphatic heterocycles. The lowest BCUT2D eigenvalue weighted by molar-refractivity contribution is -0.377. The van der Waals surface area contributed by atoms with Crippen LogP contribution < -0.4 is 0 Å². The predicted molar refractivity (Wildman–Crippen MR) is 84.9 cm³/mol. The van der Waals surface area contributed by atoms with Crippen LogP contribution in [0.25, 0.3) is 16.7 Å². The van der Waals surface area contributed by atoms with Gasteiger partial charge in [-0.15, -0.1) is 0 Å². The number of alkyl halides is 9. The lowest BCUT2D eigenvalue weighted by atomic mass is 9.95. The van der Waals surface area contributed by atoms with Crippen molar-refractivity contribution < 1.29 is 44.6 Å². The van der Waals surface area contributed by atoms with E-state index in [9.17, 15) is 44.6 Å². The molecule has 0 atom stereocenters. The van der Waals surface area contributed by atoms with Crippen LogP contribution in [0.2, 0.25) is 5.02 Å². The molecular formula is C16H7ClF9N3O. The van der Waals surface area contributed by atoms with Gasteiger partial charge in [-0.3, -0.25) is 0 Å². The Hall–Kier alpha value is -2.54. The fourth-order valence-corrected chi connectivity index (χ4v) is 2.91. The number of aliphatic hydroxyl groups is 1. The molecule has 0 aliphatic carbocycles. The van der Waals surface area contributed by atoms with Crippen LogP contribution in [0.1, 0.15) is 11.3 Å². The normalized spacial score (nSPS) is 13.8. The molecule has 0 spiro atoms. The number of aromatic nitrogens is 3. The summed E-state index contributed by atoms with van der Waals surface area (Å²) in [5, 5.41) is 11.4. The fraction of sp³-hybridized carbons (Fsp3) is 0.250. The third-order valence-electron chi connectivity index (χ3n) is 4.10. The van der Waals surface area contributed by atoms with Gasteiger partial charge in [0, 0.05) is 11.6 Å². The molecule has 4 nitrogen and oxygen atoms in total. The Morgan fingerprint density at radius 3 is 1.97 bits per heavy atom. The second-order valence-corrected chi connectivity index (χ2v) is 6.42. The Labute approximate surface area is 165 Å². The molecular weight excluding hydrogens is 457 g/mol. The Balaban J connectivity index is 2.34. The smallest absolute Gasteiger partial charge is 0.368 e. The topological polar surface area (TPSA) is 50.9 Å². The zero-order valence-corrected chi connectivity index (χ0v) is 14.8. The maximum atomic E-state index is 13.3. The zero-order valence-electron chi connectivity index (χ0n) is 14.0. The van der Waals surface area contributed by atoms with Crippen LogP contribution in [0, 0.1) is 0 Å². The minimum atomic E-state index is -6.22. The Morgan fingerprint density at radius 1 is 0.900 bits per heavy atom. The van der Waals surface area contributed by atoms with Crippen molar-refractivity contribution in [1.29, 1.82) is 0 Å². The first-order chi connectivity index (χ1) is 13.6. The SMILES string of the molecule is OC(c1nn(-c2ncc(C(F)(F)F)cc2Cl)c2ccccc12)(C(F)(F)F)C(F)(F)F. The molecule has 0 amide bonds. The second-order valence-electron chi connectivity index (χ2n) is 6.01. The standard InChI is InChI=1S/C16H7ClF9N3O/c17-9-5-7(14(18,19)20)6-27-12(9)29-10-4-2-1-3-8(10)11(28-29)13(30,15(21,22)23)16(24,25)26/h1-6,30H. The molecule has 3 rings (SSSR count). The average Bonchev–Trinajstić information content (AvgIpc) is 2.98. The number of hydrogen-bond acceptors (Lipinski definition) is 3. The van der Waals surface area contributed by atoms with Crippen molar-refractivity contribution in [2.45, 2.75) is 24.1 Å². The van der Waals surface area contributed by atoms with Gasteiger partial charge in [-0.2, -0.15) is 44.6 Å². The Morgan fingerprint density at radius 2 is 1.47 bits per heavy atom. The summed E-state index contributed by atoms with van der Waals surface area (Å²) < 4.78 is 119. The van der Waals surface area contributed by atoms with Crippen LogP contribution in [-0.4, -0.2) is 32.2 Å². The number of nitrogens with zero attached hydrogens (tertiary/aromatic N) is 3. The number of halogens is 10. The van der Waals surface area contributed by atoms with Gasteiger partial charge in [0.1, 0.15) is 5.69 Å². The van der Waals surface area contributed by atoms with Crippen molar-refractivity contribution in [3.63, 3.8) is 0 Å². The fourth-order valence-electron chi connectivity index (χ4n) is 2.67. The first-order valence-corrected chi connectivity index (χ1v) is 8.04. The van der Waals surface area contributed by atoms with Crippen molar-refractivity contribution in [2.75, 3.05) is 0 Å². The van der Waals surface area contributed by atoms with Gasteiger partial charge >= 0.3 is 24.1 Å². The van der Waals surface area contributed by atoms with Gasteiger partial charge in [0.25, 0.3) is 0 Å². The minimum Gasteiger partial charge on any atom is -0.368 e. The van der Waals surface area contributed by atoms with Gasteiger partial charge in [0.05, 0.1) is 16.1 Å². The van der Waals surface area contributed by atoms with Crippen LogP contribution in [0.4, 0.5) is 39.5 Å². The number of hydrogen-bond donors (Lipinski definition) is 1. The van der Waals surface area contributed by atoms with E-state index in [-0.39, 0.29) is 6.20 Å². The zero-order chi connectivity index (χ0) is 22.7. The molecule has 2 aromatic heterocycles. The number of para-hydroxylation sites is 1. The van der Waals surface area contributed by atoms with Gasteiger partial charge < -0.3 is 5.11 Å². The van der Waals surface area contributed by atoms with Crippen LogP contribution in [0.15, 0.2) is 36.5 Å². The van der Waals surface area contributed by atoms with Gasteiger partial charge in [-0.05, 0) is 12.1 Å². The van der Waals surface area contributed by atoms with E-state index in [2.05, 4.69) is 10.1 Å². The molecule has 0 bridgehead atoms. The minimum absolute atomic E-state index is 0.289. The highest BCUT2D eigenvalue weighted by Crippen LogP contribution is 2.51. The van der Waals surface area contributed by atoms with Crippen molar-refractivity contribution in [3.8, 4) is 5.82 Å². The third-order valence-corrected chi connectivity index (χ3v) is 4.38. The van der Waals surface area contributed by atoms with E-state index in [1.807, 2.05) is 0 Å². The van der Waals surface area contributed by atoms with E-state index in [1.54, 1.807) is 0 Å². The monoisotopic (exact) mass is 463 g/mol. The molecule has 0 saturated heterocycles. The molecule has 0 unspecified atom stereocenters. The summed E-state index contributed by atoms with van der Waals surface area (Å²) in [7, 11) is 0. The molecule has 14 heteroatoms. The van der Waals surface area contributed by atoms with E-state index in [0.717, 1.165) is 18.2 Å². The number of pyridine rings is 1. The predicted octanol–water partition coefficient (Wildman–Crippen LogP) is 5.40. The molecule has 2 heterocycles. The molecule has 0 fully saturated rings. The highest BCUT2D eigenvalue weighted by Gasteiger charge is 2.73. The lowest BCUT2D eigenvalue weighted by Gasteiger charge is -2.30. The van der Waals surface area contributed by atoms with Gasteiger partial charge in [0.2, 0.25) is 0 Å². The van der Waals surface area contributed by atoms with E-state index < -0.39 is 57.1 Å². The van der Waals surface area contributed by atoms with E-state index in [0.29, 0.717) is 10.7 Å². The number of benzene rings is 1. The molecule has 0 saturated carbocycles. The lowest BCUT2D eigenvalue weighted by Crippen LogP contribution is -2.54. The summed E-state index contributed by atoms with van der Waals surface area (Å²) in [5.74, 6) is -0.668. The maximum Gasteiger partial charge on any atom is 0.432 e. The van der Waals surface area contributed by atoms with Crippen molar-refractivity contribution in [3.05, 3.63) is 52.8 Å². The van der Waals surface area contributed by atoms with Crippen LogP contribution in [-0.2, 0) is 11.8 Å². The van der Waals surface area contributed by atoms with E-state index in [4.69, 9.17) is 11.6 Å². The van der Waals surface area contributed by atoms with Gasteiger partial charge in [0.15, 0.2) is 5.82 Å². The van der Waals surface area contributed by atoms with Crippen molar-refractivity contribution in [2.24, 2.45) is 0 Å². The molecule has 0 aliphatic rings. The largest absolute Gasteiger partial charge is 0.432 e. The summed E-state index contributed by atoms with van der Waals surface area (Å²) in [6, 6.07) is 4.57. The highest BCUT2D eigenvalue weighted by atomic mass is 35.5. The molecule has 0 radical (unpaired) electrons. The molecule has 3 aromatic rings. The van der Waals surface area contributed by atoms with Gasteiger partial charge in [-0.1, -0.05) is 29.8 Å². The number of rotatable bonds is 2. The third kappa shape index (κ3) is 3.35. The van der Waals surface area contributed by atoms with Crippen LogP contribution in [0.3, 0.4) is 0 Å². The summed E-state index contributed by atoms with van der Waals surface area (Å²) in [6.45, 7) is 0. The van der Waals surface area contributed by atoms with Gasteiger partial charge in [-0.25, -0.2) is 9.67 Å². The maximum absolute atomic E-state index is 13.3. The summed E-state index contributed by atoms with van der Waals surface area (Å²) >= 11 is 5.74. The van der Waals surface area contributed by atoms with Crippen LogP contribution in [0.5, 0.6) is 0 Å². The first-order valence-electron chi connectivity index (χ1n) is 7.66. The molecule has 162 valence electrons. The first kappa shape index (κ1) is 22.2. The summed E-state index contributed by atoms with van der Waals surface area (Å²) in [5.41, 5.74) is -8.89. The second kappa shape index (κ2) is 6.74. The molecule has 1 N–H and O–H groups in total. The molecule has 30 heavy (non-hydrogen) atoms. The highest BCUT2D eigenvalue weighted by molar-refractivity contribution is 6.32. The summed E-state index contributed by atoms with van der Waals surface area (Å²) in [6.07, 6.45) is -17.0. The van der Waals surface area contributed by atoms with Crippen LogP contribution >= 0.6 is 11.6 Å².